The summed E-state index contributed by atoms with van der Waals surface area (Å²) in [4.78, 5) is 6.78. The molecule has 0 N–H and O–H groups in total. The van der Waals surface area contributed by atoms with Gasteiger partial charge in [-0.25, -0.2) is 4.98 Å². The van der Waals surface area contributed by atoms with Gasteiger partial charge in [-0.2, -0.15) is 0 Å². The summed E-state index contributed by atoms with van der Waals surface area (Å²) in [5.74, 6) is 0.899. The van der Waals surface area contributed by atoms with E-state index in [0.717, 1.165) is 34.5 Å². The van der Waals surface area contributed by atoms with Crippen molar-refractivity contribution in [1.29, 1.82) is 0 Å². The fraction of sp³-hybridized carbons (Fsp3) is 0.190. The van der Waals surface area contributed by atoms with Crippen LogP contribution >= 0.6 is 0 Å². The molecule has 0 bridgehead atoms. The molecule has 0 aliphatic rings. The minimum Gasteiger partial charge on any atom is -0.492 e. The Kier molecular flexibility index (Phi) is 5.24. The molecule has 2 aromatic carbocycles. The van der Waals surface area contributed by atoms with Crippen molar-refractivity contribution in [3.8, 4) is 5.75 Å². The summed E-state index contributed by atoms with van der Waals surface area (Å²) in [6.07, 6.45) is 4.09. The Morgan fingerprint density at radius 3 is 2.58 bits per heavy atom. The molecule has 0 unspecified atom stereocenters. The Morgan fingerprint density at radius 1 is 0.917 bits per heavy atom. The van der Waals surface area contributed by atoms with Crippen molar-refractivity contribution in [3.05, 3.63) is 71.9 Å². The molecule has 0 amide bonds. The van der Waals surface area contributed by atoms with Crippen molar-refractivity contribution in [1.82, 2.24) is 9.88 Å². The molecule has 1 aromatic heterocycles. The van der Waals surface area contributed by atoms with Crippen LogP contribution in [0.4, 0.5) is 0 Å². The smallest absolute Gasteiger partial charge is 0.126 e. The third-order valence-corrected chi connectivity index (χ3v) is 3.77. The summed E-state index contributed by atoms with van der Waals surface area (Å²) in [7, 11) is 4.08. The molecule has 0 radical (unpaired) electrons. The second-order valence-corrected chi connectivity index (χ2v) is 5.95. The quantitative estimate of drug-likeness (QED) is 0.676. The normalized spacial score (nSPS) is 11.5. The highest BCUT2D eigenvalue weighted by Gasteiger charge is 2.01. The largest absolute Gasteiger partial charge is 0.492 e. The van der Waals surface area contributed by atoms with E-state index in [-0.39, 0.29) is 0 Å². The van der Waals surface area contributed by atoms with Crippen LogP contribution < -0.4 is 4.74 Å². The molecule has 0 aliphatic carbocycles. The van der Waals surface area contributed by atoms with Gasteiger partial charge in [-0.1, -0.05) is 42.5 Å². The van der Waals surface area contributed by atoms with Crippen molar-refractivity contribution in [2.75, 3.05) is 27.2 Å². The lowest BCUT2D eigenvalue weighted by Crippen LogP contribution is -2.19. The molecule has 0 fully saturated rings. The summed E-state index contributed by atoms with van der Waals surface area (Å²) in [5, 5.41) is 1.15. The van der Waals surface area contributed by atoms with Gasteiger partial charge >= 0.3 is 0 Å². The molecular formula is C21H22N2O. The zero-order chi connectivity index (χ0) is 16.8. The number of ether oxygens (including phenoxy) is 1. The Morgan fingerprint density at radius 2 is 1.71 bits per heavy atom. The number of rotatable bonds is 6. The van der Waals surface area contributed by atoms with Gasteiger partial charge in [0.2, 0.25) is 0 Å². The van der Waals surface area contributed by atoms with Gasteiger partial charge in [0.05, 0.1) is 11.2 Å². The molecule has 3 heteroatoms. The van der Waals surface area contributed by atoms with E-state index in [9.17, 15) is 0 Å². The Balaban J connectivity index is 1.77. The SMILES string of the molecule is CN(C)CCOc1ccccc1C=Cc1ccc2ccccc2n1. The number of fused-ring (bicyclic) bond motifs is 1. The summed E-state index contributed by atoms with van der Waals surface area (Å²) >= 11 is 0. The van der Waals surface area contributed by atoms with Gasteiger partial charge < -0.3 is 9.64 Å². The monoisotopic (exact) mass is 318 g/mol. The first kappa shape index (κ1) is 16.2. The molecule has 3 nitrogen and oxygen atoms in total. The van der Waals surface area contributed by atoms with E-state index in [1.54, 1.807) is 0 Å². The summed E-state index contributed by atoms with van der Waals surface area (Å²) in [6.45, 7) is 1.57. The fourth-order valence-electron chi connectivity index (χ4n) is 2.44. The molecule has 1 heterocycles. The molecule has 3 rings (SSSR count). The van der Waals surface area contributed by atoms with Crippen LogP contribution in [0, 0.1) is 0 Å². The van der Waals surface area contributed by atoms with Crippen LogP contribution in [0.15, 0.2) is 60.7 Å². The summed E-state index contributed by atoms with van der Waals surface area (Å²) in [5.41, 5.74) is 3.01. The van der Waals surface area contributed by atoms with Crippen molar-refractivity contribution in [2.45, 2.75) is 0 Å². The fourth-order valence-corrected chi connectivity index (χ4v) is 2.44. The average Bonchev–Trinajstić information content (AvgIpc) is 2.60. The second kappa shape index (κ2) is 7.75. The number of benzene rings is 2. The molecule has 24 heavy (non-hydrogen) atoms. The molecule has 0 spiro atoms. The molecule has 0 aliphatic heterocycles. The number of hydrogen-bond donors (Lipinski definition) is 0. The highest BCUT2D eigenvalue weighted by Crippen LogP contribution is 2.21. The Bertz CT molecular complexity index is 840. The zero-order valence-corrected chi connectivity index (χ0v) is 14.1. The van der Waals surface area contributed by atoms with Crippen LogP contribution in [-0.4, -0.2) is 37.1 Å². The van der Waals surface area contributed by atoms with Gasteiger partial charge in [0.15, 0.2) is 0 Å². The Hall–Kier alpha value is -2.65. The summed E-state index contributed by atoms with van der Waals surface area (Å²) < 4.78 is 5.89. The van der Waals surface area contributed by atoms with E-state index < -0.39 is 0 Å². The molecule has 0 atom stereocenters. The van der Waals surface area contributed by atoms with E-state index in [4.69, 9.17) is 4.74 Å². The first-order valence-electron chi connectivity index (χ1n) is 8.13. The van der Waals surface area contributed by atoms with E-state index in [1.165, 1.54) is 0 Å². The number of hydrogen-bond acceptors (Lipinski definition) is 3. The number of nitrogens with zero attached hydrogens (tertiary/aromatic N) is 2. The molecule has 0 saturated carbocycles. The maximum Gasteiger partial charge on any atom is 0.126 e. The van der Waals surface area contributed by atoms with E-state index in [1.807, 2.05) is 62.6 Å². The van der Waals surface area contributed by atoms with Crippen LogP contribution in [0.25, 0.3) is 23.1 Å². The standard InChI is InChI=1S/C21H22N2O/c1-23(2)15-16-24-21-10-6-4-8-18(21)12-14-19-13-11-17-7-3-5-9-20(17)22-19/h3-14H,15-16H2,1-2H3. The van der Waals surface area contributed by atoms with Gasteiger partial charge in [-0.05, 0) is 44.4 Å². The van der Waals surface area contributed by atoms with Crippen LogP contribution in [-0.2, 0) is 0 Å². The highest BCUT2D eigenvalue weighted by atomic mass is 16.5. The third kappa shape index (κ3) is 4.21. The van der Waals surface area contributed by atoms with Crippen LogP contribution in [0.5, 0.6) is 5.75 Å². The van der Waals surface area contributed by atoms with Gasteiger partial charge in [0, 0.05) is 17.5 Å². The summed E-state index contributed by atoms with van der Waals surface area (Å²) in [6, 6.07) is 20.4. The van der Waals surface area contributed by atoms with Gasteiger partial charge in [-0.3, -0.25) is 0 Å². The highest BCUT2D eigenvalue weighted by molar-refractivity contribution is 5.81. The average molecular weight is 318 g/mol. The van der Waals surface area contributed by atoms with E-state index in [0.29, 0.717) is 6.61 Å². The molecule has 0 saturated heterocycles. The van der Waals surface area contributed by atoms with Gasteiger partial charge in [-0.15, -0.1) is 0 Å². The van der Waals surface area contributed by atoms with Gasteiger partial charge in [0.1, 0.15) is 12.4 Å². The van der Waals surface area contributed by atoms with Gasteiger partial charge in [0.25, 0.3) is 0 Å². The minimum absolute atomic E-state index is 0.673. The predicted molar refractivity (Wildman–Crippen MR) is 101 cm³/mol. The molecule has 3 aromatic rings. The van der Waals surface area contributed by atoms with Crippen molar-refractivity contribution < 1.29 is 4.74 Å². The van der Waals surface area contributed by atoms with E-state index in [2.05, 4.69) is 34.2 Å². The topological polar surface area (TPSA) is 25.4 Å². The van der Waals surface area contributed by atoms with Crippen LogP contribution in [0.2, 0.25) is 0 Å². The number of pyridine rings is 1. The minimum atomic E-state index is 0.673. The van der Waals surface area contributed by atoms with Crippen LogP contribution in [0.1, 0.15) is 11.3 Å². The lowest BCUT2D eigenvalue weighted by molar-refractivity contribution is 0.261. The Labute approximate surface area is 143 Å². The third-order valence-electron chi connectivity index (χ3n) is 3.77. The lowest BCUT2D eigenvalue weighted by atomic mass is 10.1. The van der Waals surface area contributed by atoms with E-state index >= 15 is 0 Å². The first-order chi connectivity index (χ1) is 11.7. The molecular weight excluding hydrogens is 296 g/mol. The van der Waals surface area contributed by atoms with Crippen molar-refractivity contribution in [2.24, 2.45) is 0 Å². The number of para-hydroxylation sites is 2. The first-order valence-corrected chi connectivity index (χ1v) is 8.13. The molecule has 122 valence electrons. The van der Waals surface area contributed by atoms with Crippen molar-refractivity contribution >= 4 is 23.1 Å². The van der Waals surface area contributed by atoms with Crippen molar-refractivity contribution in [3.63, 3.8) is 0 Å². The predicted octanol–water partition coefficient (Wildman–Crippen LogP) is 4.35. The lowest BCUT2D eigenvalue weighted by Gasteiger charge is -2.12. The zero-order valence-electron chi connectivity index (χ0n) is 14.1. The second-order valence-electron chi connectivity index (χ2n) is 5.95. The van der Waals surface area contributed by atoms with Crippen LogP contribution in [0.3, 0.4) is 0 Å². The number of likely N-dealkylation sites (N-methyl/N-ethyl adjacent to an activating group) is 1. The maximum absolute atomic E-state index is 5.89. The number of aromatic nitrogens is 1. The maximum atomic E-state index is 5.89.